The molecule has 0 radical (unpaired) electrons. The second-order valence-corrected chi connectivity index (χ2v) is 6.80. The highest BCUT2D eigenvalue weighted by atomic mass is 32.2. The molecule has 0 aromatic carbocycles. The quantitative estimate of drug-likeness (QED) is 0.707. The molecule has 0 atom stereocenters. The summed E-state index contributed by atoms with van der Waals surface area (Å²) in [5.74, 6) is 0.185. The van der Waals surface area contributed by atoms with Crippen LogP contribution in [-0.2, 0) is 16.6 Å². The largest absolute Gasteiger partial charge is 0.317 e. The zero-order valence-electron chi connectivity index (χ0n) is 10.3. The van der Waals surface area contributed by atoms with Crippen molar-refractivity contribution in [3.8, 4) is 0 Å². The normalized spacial score (nSPS) is 11.9. The van der Waals surface area contributed by atoms with Gasteiger partial charge in [0.15, 0.2) is 0 Å². The van der Waals surface area contributed by atoms with Crippen LogP contribution < -0.4 is 10.0 Å². The summed E-state index contributed by atoms with van der Waals surface area (Å²) in [4.78, 5) is 1.08. The Morgan fingerprint density at radius 2 is 2.18 bits per heavy atom. The highest BCUT2D eigenvalue weighted by Gasteiger charge is 2.10. The smallest absolute Gasteiger partial charge is 0.211 e. The molecule has 0 spiro atoms. The summed E-state index contributed by atoms with van der Waals surface area (Å²) >= 11 is 1.58. The molecule has 0 bridgehead atoms. The van der Waals surface area contributed by atoms with Crippen LogP contribution in [0.2, 0.25) is 0 Å². The highest BCUT2D eigenvalue weighted by Crippen LogP contribution is 2.15. The summed E-state index contributed by atoms with van der Waals surface area (Å²) in [6.45, 7) is 6.03. The van der Waals surface area contributed by atoms with Crippen LogP contribution in [0.4, 0.5) is 0 Å². The molecule has 1 aromatic heterocycles. The summed E-state index contributed by atoms with van der Waals surface area (Å²) in [6, 6.07) is 2.00. The van der Waals surface area contributed by atoms with Gasteiger partial charge >= 0.3 is 0 Å². The molecule has 0 saturated carbocycles. The number of nitrogens with one attached hydrogen (secondary N) is 2. The van der Waals surface area contributed by atoms with E-state index < -0.39 is 10.0 Å². The van der Waals surface area contributed by atoms with Gasteiger partial charge in [-0.05, 0) is 43.4 Å². The van der Waals surface area contributed by atoms with E-state index in [-0.39, 0.29) is 5.75 Å². The van der Waals surface area contributed by atoms with Gasteiger partial charge in [-0.15, -0.1) is 11.3 Å². The van der Waals surface area contributed by atoms with Gasteiger partial charge in [0.1, 0.15) is 0 Å². The van der Waals surface area contributed by atoms with Crippen molar-refractivity contribution in [3.05, 3.63) is 21.9 Å². The summed E-state index contributed by atoms with van der Waals surface area (Å²) in [5, 5.41) is 5.09. The third-order valence-corrected chi connectivity index (χ3v) is 4.87. The SMILES string of the molecule is CCNCCCS(=O)(=O)NCc1sccc1C. The summed E-state index contributed by atoms with van der Waals surface area (Å²) < 4.78 is 26.0. The Balaban J connectivity index is 2.32. The van der Waals surface area contributed by atoms with Gasteiger partial charge < -0.3 is 5.32 Å². The third-order valence-electron chi connectivity index (χ3n) is 2.44. The molecule has 0 aliphatic heterocycles. The molecule has 4 nitrogen and oxygen atoms in total. The van der Waals surface area contributed by atoms with Crippen LogP contribution in [-0.4, -0.2) is 27.3 Å². The maximum absolute atomic E-state index is 11.7. The number of hydrogen-bond acceptors (Lipinski definition) is 4. The minimum Gasteiger partial charge on any atom is -0.317 e. The van der Waals surface area contributed by atoms with E-state index in [1.807, 2.05) is 25.3 Å². The number of sulfonamides is 1. The number of thiophene rings is 1. The van der Waals surface area contributed by atoms with E-state index in [4.69, 9.17) is 0 Å². The van der Waals surface area contributed by atoms with Crippen molar-refractivity contribution in [2.75, 3.05) is 18.8 Å². The lowest BCUT2D eigenvalue weighted by Crippen LogP contribution is -2.27. The van der Waals surface area contributed by atoms with Crippen LogP contribution in [0.1, 0.15) is 23.8 Å². The van der Waals surface area contributed by atoms with Crippen molar-refractivity contribution in [2.45, 2.75) is 26.8 Å². The molecule has 0 aliphatic rings. The number of rotatable bonds is 8. The minimum atomic E-state index is -3.14. The van der Waals surface area contributed by atoms with Gasteiger partial charge in [0.25, 0.3) is 0 Å². The molecule has 0 saturated heterocycles. The molecule has 2 N–H and O–H groups in total. The Morgan fingerprint density at radius 3 is 2.76 bits per heavy atom. The topological polar surface area (TPSA) is 58.2 Å². The van der Waals surface area contributed by atoms with Crippen LogP contribution >= 0.6 is 11.3 Å². The second kappa shape index (κ2) is 7.10. The second-order valence-electron chi connectivity index (χ2n) is 3.87. The maximum Gasteiger partial charge on any atom is 0.211 e. The Bertz CT molecular complexity index is 426. The van der Waals surface area contributed by atoms with E-state index in [0.29, 0.717) is 13.0 Å². The Kier molecular flexibility index (Phi) is 6.11. The fraction of sp³-hybridized carbons (Fsp3) is 0.636. The molecule has 17 heavy (non-hydrogen) atoms. The Labute approximate surface area is 107 Å². The monoisotopic (exact) mass is 276 g/mol. The van der Waals surface area contributed by atoms with E-state index in [0.717, 1.165) is 23.5 Å². The van der Waals surface area contributed by atoms with E-state index in [2.05, 4.69) is 10.0 Å². The predicted octanol–water partition coefficient (Wildman–Crippen LogP) is 1.48. The summed E-state index contributed by atoms with van der Waals surface area (Å²) in [5.41, 5.74) is 1.14. The number of aryl methyl sites for hydroxylation is 1. The van der Waals surface area contributed by atoms with Crippen molar-refractivity contribution < 1.29 is 8.42 Å². The van der Waals surface area contributed by atoms with Gasteiger partial charge in [-0.1, -0.05) is 6.92 Å². The molecule has 0 aliphatic carbocycles. The van der Waals surface area contributed by atoms with Crippen LogP contribution in [0, 0.1) is 6.92 Å². The van der Waals surface area contributed by atoms with Gasteiger partial charge in [0.05, 0.1) is 5.75 Å². The predicted molar refractivity (Wildman–Crippen MR) is 72.8 cm³/mol. The van der Waals surface area contributed by atoms with Gasteiger partial charge in [-0.2, -0.15) is 0 Å². The number of hydrogen-bond donors (Lipinski definition) is 2. The molecule has 6 heteroatoms. The van der Waals surface area contributed by atoms with Crippen molar-refractivity contribution in [2.24, 2.45) is 0 Å². The fourth-order valence-electron chi connectivity index (χ4n) is 1.40. The van der Waals surface area contributed by atoms with Crippen molar-refractivity contribution in [3.63, 3.8) is 0 Å². The first kappa shape index (κ1) is 14.6. The average Bonchev–Trinajstić information content (AvgIpc) is 2.68. The van der Waals surface area contributed by atoms with Crippen molar-refractivity contribution in [1.82, 2.24) is 10.0 Å². The van der Waals surface area contributed by atoms with Crippen LogP contribution in [0.3, 0.4) is 0 Å². The maximum atomic E-state index is 11.7. The van der Waals surface area contributed by atoms with Crippen molar-refractivity contribution >= 4 is 21.4 Å². The van der Waals surface area contributed by atoms with E-state index >= 15 is 0 Å². The van der Waals surface area contributed by atoms with Crippen LogP contribution in [0.15, 0.2) is 11.4 Å². The Morgan fingerprint density at radius 1 is 1.41 bits per heavy atom. The summed E-state index contributed by atoms with van der Waals surface area (Å²) in [7, 11) is -3.14. The standard InChI is InChI=1S/C11H20N2O2S2/c1-3-12-6-4-8-17(14,15)13-9-11-10(2)5-7-16-11/h5,7,12-13H,3-4,6,8-9H2,1-2H3. The van der Waals surface area contributed by atoms with Gasteiger partial charge in [0, 0.05) is 11.4 Å². The molecule has 0 unspecified atom stereocenters. The lowest BCUT2D eigenvalue weighted by molar-refractivity contribution is 0.576. The fourth-order valence-corrected chi connectivity index (χ4v) is 3.37. The third kappa shape index (κ3) is 5.63. The molecule has 0 fully saturated rings. The zero-order valence-corrected chi connectivity index (χ0v) is 12.0. The molecular weight excluding hydrogens is 256 g/mol. The Hall–Kier alpha value is -0.430. The lowest BCUT2D eigenvalue weighted by atomic mass is 10.3. The average molecular weight is 276 g/mol. The van der Waals surface area contributed by atoms with E-state index in [1.54, 1.807) is 11.3 Å². The minimum absolute atomic E-state index is 0.185. The van der Waals surface area contributed by atoms with Gasteiger partial charge in [0.2, 0.25) is 10.0 Å². The first-order valence-corrected chi connectivity index (χ1v) is 8.29. The lowest BCUT2D eigenvalue weighted by Gasteiger charge is -2.06. The first-order chi connectivity index (χ1) is 8.05. The van der Waals surface area contributed by atoms with Crippen LogP contribution in [0.5, 0.6) is 0 Å². The van der Waals surface area contributed by atoms with Crippen molar-refractivity contribution in [1.29, 1.82) is 0 Å². The molecular formula is C11H20N2O2S2. The van der Waals surface area contributed by atoms with E-state index in [1.165, 1.54) is 0 Å². The van der Waals surface area contributed by atoms with Gasteiger partial charge in [-0.25, -0.2) is 13.1 Å². The molecule has 1 aromatic rings. The molecule has 0 amide bonds. The molecule has 1 rings (SSSR count). The van der Waals surface area contributed by atoms with Crippen LogP contribution in [0.25, 0.3) is 0 Å². The van der Waals surface area contributed by atoms with E-state index in [9.17, 15) is 8.42 Å². The zero-order chi connectivity index (χ0) is 12.7. The van der Waals surface area contributed by atoms with Gasteiger partial charge in [-0.3, -0.25) is 0 Å². The first-order valence-electron chi connectivity index (χ1n) is 5.76. The highest BCUT2D eigenvalue weighted by molar-refractivity contribution is 7.89. The summed E-state index contributed by atoms with van der Waals surface area (Å²) in [6.07, 6.45) is 0.645. The molecule has 98 valence electrons. The molecule has 1 heterocycles.